The van der Waals surface area contributed by atoms with Crippen molar-refractivity contribution in [1.82, 2.24) is 14.5 Å². The third-order valence-electron chi connectivity index (χ3n) is 2.77. The van der Waals surface area contributed by atoms with Gasteiger partial charge in [-0.25, -0.2) is 4.98 Å². The number of nitrogens with zero attached hydrogens (tertiary/aromatic N) is 3. The molecular weight excluding hydrogens is 342 g/mol. The predicted molar refractivity (Wildman–Crippen MR) is 84.3 cm³/mol. The first-order valence-electron chi connectivity index (χ1n) is 6.12. The van der Waals surface area contributed by atoms with Crippen LogP contribution in [0.25, 0.3) is 11.0 Å². The van der Waals surface area contributed by atoms with Crippen LogP contribution in [-0.2, 0) is 11.3 Å². The van der Waals surface area contributed by atoms with Gasteiger partial charge in [0.1, 0.15) is 0 Å². The Labute approximate surface area is 130 Å². The monoisotopic (exact) mass is 357 g/mol. The second kappa shape index (κ2) is 6.60. The summed E-state index contributed by atoms with van der Waals surface area (Å²) < 4.78 is 3.07. The lowest BCUT2D eigenvalue weighted by Crippen LogP contribution is -2.19. The van der Waals surface area contributed by atoms with Gasteiger partial charge in [-0.05, 0) is 32.3 Å². The number of halogens is 1. The maximum atomic E-state index is 10.7. The molecule has 1 N–H and O–H groups in total. The van der Waals surface area contributed by atoms with Crippen molar-refractivity contribution in [3.63, 3.8) is 0 Å². The van der Waals surface area contributed by atoms with Gasteiger partial charge < -0.3 is 14.6 Å². The molecule has 0 unspecified atom stereocenters. The van der Waals surface area contributed by atoms with Crippen LogP contribution in [0.15, 0.2) is 27.8 Å². The number of carboxylic acids is 1. The van der Waals surface area contributed by atoms with Crippen LogP contribution in [0.2, 0.25) is 0 Å². The minimum atomic E-state index is -0.831. The number of rotatable bonds is 6. The molecule has 0 aliphatic heterocycles. The van der Waals surface area contributed by atoms with Crippen LogP contribution in [0.1, 0.15) is 0 Å². The average molecular weight is 358 g/mol. The molecule has 0 aliphatic carbocycles. The molecule has 1 aromatic heterocycles. The fraction of sp³-hybridized carbons (Fsp3) is 0.385. The molecule has 7 heteroatoms. The van der Waals surface area contributed by atoms with E-state index in [1.165, 1.54) is 11.8 Å². The van der Waals surface area contributed by atoms with E-state index in [-0.39, 0.29) is 5.75 Å². The Balaban J connectivity index is 2.37. The number of aliphatic carboxylic acids is 1. The number of aromatic nitrogens is 2. The van der Waals surface area contributed by atoms with E-state index in [1.54, 1.807) is 0 Å². The van der Waals surface area contributed by atoms with Gasteiger partial charge >= 0.3 is 5.97 Å². The van der Waals surface area contributed by atoms with Gasteiger partial charge in [0.2, 0.25) is 0 Å². The van der Waals surface area contributed by atoms with Gasteiger partial charge in [0.15, 0.2) is 5.16 Å². The second-order valence-corrected chi connectivity index (χ2v) is 6.52. The molecule has 2 aromatic rings. The van der Waals surface area contributed by atoms with Crippen LogP contribution >= 0.6 is 27.7 Å². The fourth-order valence-corrected chi connectivity index (χ4v) is 2.94. The minimum Gasteiger partial charge on any atom is -0.481 e. The zero-order chi connectivity index (χ0) is 14.7. The molecule has 0 atom stereocenters. The first-order chi connectivity index (χ1) is 9.47. The van der Waals surface area contributed by atoms with Crippen molar-refractivity contribution in [1.29, 1.82) is 0 Å². The van der Waals surface area contributed by atoms with Crippen molar-refractivity contribution in [2.75, 3.05) is 26.4 Å². The maximum Gasteiger partial charge on any atom is 0.313 e. The lowest BCUT2D eigenvalue weighted by atomic mass is 10.3. The summed E-state index contributed by atoms with van der Waals surface area (Å²) in [5.74, 6) is -0.811. The molecule has 0 saturated carbocycles. The molecule has 0 amide bonds. The van der Waals surface area contributed by atoms with Crippen LogP contribution < -0.4 is 0 Å². The predicted octanol–water partition coefficient (Wildman–Crippen LogP) is 2.54. The van der Waals surface area contributed by atoms with Crippen LogP contribution in [-0.4, -0.2) is 51.9 Å². The van der Waals surface area contributed by atoms with Gasteiger partial charge in [0.05, 0.1) is 16.8 Å². The molecule has 0 radical (unpaired) electrons. The first-order valence-corrected chi connectivity index (χ1v) is 7.90. The molecule has 2 rings (SSSR count). The molecule has 0 bridgehead atoms. The molecule has 0 spiro atoms. The van der Waals surface area contributed by atoms with E-state index in [2.05, 4.69) is 30.4 Å². The molecule has 1 heterocycles. The summed E-state index contributed by atoms with van der Waals surface area (Å²) in [4.78, 5) is 17.4. The molecule has 108 valence electrons. The first kappa shape index (κ1) is 15.3. The van der Waals surface area contributed by atoms with E-state index in [9.17, 15) is 4.79 Å². The van der Waals surface area contributed by atoms with Gasteiger partial charge in [0, 0.05) is 17.6 Å². The van der Waals surface area contributed by atoms with E-state index >= 15 is 0 Å². The van der Waals surface area contributed by atoms with Crippen molar-refractivity contribution in [2.24, 2.45) is 0 Å². The van der Waals surface area contributed by atoms with Crippen LogP contribution in [0.3, 0.4) is 0 Å². The Morgan fingerprint density at radius 2 is 2.25 bits per heavy atom. The summed E-state index contributed by atoms with van der Waals surface area (Å²) in [6.45, 7) is 1.65. The number of hydrogen-bond donors (Lipinski definition) is 1. The number of imidazole rings is 1. The zero-order valence-electron chi connectivity index (χ0n) is 11.3. The Morgan fingerprint density at radius 1 is 1.50 bits per heavy atom. The summed E-state index contributed by atoms with van der Waals surface area (Å²) in [5, 5.41) is 9.58. The summed E-state index contributed by atoms with van der Waals surface area (Å²) >= 11 is 4.72. The molecule has 0 aliphatic rings. The Kier molecular flexibility index (Phi) is 5.06. The lowest BCUT2D eigenvalue weighted by molar-refractivity contribution is -0.133. The van der Waals surface area contributed by atoms with E-state index in [4.69, 9.17) is 5.11 Å². The van der Waals surface area contributed by atoms with Crippen molar-refractivity contribution in [3.05, 3.63) is 22.7 Å². The number of carbonyl (C=O) groups is 1. The number of thioether (sulfide) groups is 1. The van der Waals surface area contributed by atoms with Gasteiger partial charge in [0.25, 0.3) is 0 Å². The number of hydrogen-bond acceptors (Lipinski definition) is 4. The number of likely N-dealkylation sites (N-methyl/N-ethyl adjacent to an activating group) is 1. The molecule has 1 aromatic carbocycles. The summed E-state index contributed by atoms with van der Waals surface area (Å²) in [7, 11) is 4.03. The van der Waals surface area contributed by atoms with Crippen molar-refractivity contribution in [2.45, 2.75) is 11.7 Å². The Morgan fingerprint density at radius 3 is 2.90 bits per heavy atom. The minimum absolute atomic E-state index is 0.0203. The number of benzene rings is 1. The SMILES string of the molecule is CN(C)CCn1c(SCC(=O)O)nc2ccc(Br)cc21. The van der Waals surface area contributed by atoms with E-state index < -0.39 is 5.97 Å². The standard InChI is InChI=1S/C13H16BrN3O2S/c1-16(2)5-6-17-11-7-9(14)3-4-10(11)15-13(17)20-8-12(18)19/h3-4,7H,5-6,8H2,1-2H3,(H,18,19). The highest BCUT2D eigenvalue weighted by molar-refractivity contribution is 9.10. The quantitative estimate of drug-likeness (QED) is 0.805. The van der Waals surface area contributed by atoms with Crippen LogP contribution in [0.4, 0.5) is 0 Å². The molecule has 0 fully saturated rings. The Hall–Kier alpha value is -1.05. The molecule has 20 heavy (non-hydrogen) atoms. The van der Waals surface area contributed by atoms with Gasteiger partial charge in [-0.3, -0.25) is 4.79 Å². The Bertz CT molecular complexity index is 627. The molecule has 0 saturated heterocycles. The molecule has 5 nitrogen and oxygen atoms in total. The van der Waals surface area contributed by atoms with Crippen molar-refractivity contribution < 1.29 is 9.90 Å². The smallest absolute Gasteiger partial charge is 0.313 e. The van der Waals surface area contributed by atoms with Gasteiger partial charge in [-0.15, -0.1) is 0 Å². The molecular formula is C13H16BrN3O2S. The topological polar surface area (TPSA) is 58.4 Å². The highest BCUT2D eigenvalue weighted by Crippen LogP contribution is 2.26. The third kappa shape index (κ3) is 3.74. The van der Waals surface area contributed by atoms with Gasteiger partial charge in [-0.2, -0.15) is 0 Å². The van der Waals surface area contributed by atoms with E-state index in [1.807, 2.05) is 32.3 Å². The maximum absolute atomic E-state index is 10.7. The van der Waals surface area contributed by atoms with E-state index in [0.717, 1.165) is 33.8 Å². The summed E-state index contributed by atoms with van der Waals surface area (Å²) in [6, 6.07) is 5.90. The number of carboxylic acid groups (broad SMARTS) is 1. The average Bonchev–Trinajstić information content (AvgIpc) is 2.71. The fourth-order valence-electron chi connectivity index (χ4n) is 1.83. The van der Waals surface area contributed by atoms with Crippen LogP contribution in [0.5, 0.6) is 0 Å². The van der Waals surface area contributed by atoms with Crippen molar-refractivity contribution >= 4 is 44.7 Å². The summed E-state index contributed by atoms with van der Waals surface area (Å²) in [6.07, 6.45) is 0. The second-order valence-electron chi connectivity index (χ2n) is 4.66. The van der Waals surface area contributed by atoms with Crippen LogP contribution in [0, 0.1) is 0 Å². The summed E-state index contributed by atoms with van der Waals surface area (Å²) in [5.41, 5.74) is 1.91. The normalized spacial score (nSPS) is 11.4. The highest BCUT2D eigenvalue weighted by atomic mass is 79.9. The highest BCUT2D eigenvalue weighted by Gasteiger charge is 2.13. The number of fused-ring (bicyclic) bond motifs is 1. The lowest BCUT2D eigenvalue weighted by Gasteiger charge is -2.12. The largest absolute Gasteiger partial charge is 0.481 e. The van der Waals surface area contributed by atoms with Crippen molar-refractivity contribution in [3.8, 4) is 0 Å². The van der Waals surface area contributed by atoms with Gasteiger partial charge in [-0.1, -0.05) is 27.7 Å². The van der Waals surface area contributed by atoms with E-state index in [0.29, 0.717) is 0 Å². The third-order valence-corrected chi connectivity index (χ3v) is 4.23. The zero-order valence-corrected chi connectivity index (χ0v) is 13.7.